The summed E-state index contributed by atoms with van der Waals surface area (Å²) in [6.45, 7) is 3.10. The van der Waals surface area contributed by atoms with Crippen LogP contribution in [0.5, 0.6) is 0 Å². The molecule has 1 aliphatic heterocycles. The minimum Gasteiger partial charge on any atom is -0.481 e. The van der Waals surface area contributed by atoms with E-state index in [-0.39, 0.29) is 12.5 Å². The van der Waals surface area contributed by atoms with Gasteiger partial charge in [0, 0.05) is 38.6 Å². The monoisotopic (exact) mass is 297 g/mol. The zero-order valence-corrected chi connectivity index (χ0v) is 12.9. The van der Waals surface area contributed by atoms with Crippen LogP contribution >= 0.6 is 0 Å². The van der Waals surface area contributed by atoms with E-state index in [4.69, 9.17) is 5.11 Å². The van der Waals surface area contributed by atoms with Crippen molar-refractivity contribution in [3.63, 3.8) is 0 Å². The van der Waals surface area contributed by atoms with Gasteiger partial charge in [0.1, 0.15) is 0 Å². The zero-order valence-electron chi connectivity index (χ0n) is 12.9. The number of hydrogen-bond acceptors (Lipinski definition) is 3. The molecule has 0 bridgehead atoms. The van der Waals surface area contributed by atoms with E-state index in [0.29, 0.717) is 12.5 Å². The Kier molecular flexibility index (Phi) is 5.85. The first kappa shape index (κ1) is 16.1. The molecule has 0 aromatic heterocycles. The van der Waals surface area contributed by atoms with Gasteiger partial charge < -0.3 is 20.2 Å². The molecule has 1 aliphatic carbocycles. The number of likely N-dealkylation sites (tertiary alicyclic amines) is 1. The van der Waals surface area contributed by atoms with Crippen LogP contribution in [-0.4, -0.2) is 66.2 Å². The van der Waals surface area contributed by atoms with Crippen molar-refractivity contribution in [2.24, 2.45) is 5.92 Å². The number of carboxylic acid groups (broad SMARTS) is 1. The standard InChI is InChI=1S/C15H27N3O3/c1-17(13-3-4-13)11-8-16-15(21)18-9-6-12(7-10-18)2-5-14(19)20/h12-13H,2-11H2,1H3,(H,16,21)(H,19,20). The smallest absolute Gasteiger partial charge is 0.317 e. The van der Waals surface area contributed by atoms with E-state index in [1.54, 1.807) is 0 Å². The molecule has 1 heterocycles. The molecule has 2 rings (SSSR count). The van der Waals surface area contributed by atoms with Crippen LogP contribution in [0, 0.1) is 5.92 Å². The van der Waals surface area contributed by atoms with Crippen molar-refractivity contribution in [2.75, 3.05) is 33.2 Å². The highest BCUT2D eigenvalue weighted by Crippen LogP contribution is 2.24. The summed E-state index contributed by atoms with van der Waals surface area (Å²) in [5.41, 5.74) is 0. The van der Waals surface area contributed by atoms with Gasteiger partial charge in [-0.1, -0.05) is 0 Å². The molecule has 2 amide bonds. The second kappa shape index (κ2) is 7.64. The lowest BCUT2D eigenvalue weighted by Crippen LogP contribution is -2.46. The molecular weight excluding hydrogens is 270 g/mol. The molecule has 120 valence electrons. The van der Waals surface area contributed by atoms with E-state index < -0.39 is 5.97 Å². The summed E-state index contributed by atoms with van der Waals surface area (Å²) in [5.74, 6) is -0.277. The second-order valence-electron chi connectivity index (χ2n) is 6.31. The molecule has 0 spiro atoms. The molecule has 6 heteroatoms. The van der Waals surface area contributed by atoms with E-state index in [0.717, 1.165) is 44.9 Å². The molecule has 0 aromatic carbocycles. The molecular formula is C15H27N3O3. The van der Waals surface area contributed by atoms with Gasteiger partial charge in [0.2, 0.25) is 0 Å². The number of piperidine rings is 1. The molecule has 2 fully saturated rings. The fourth-order valence-electron chi connectivity index (χ4n) is 2.90. The Morgan fingerprint density at radius 3 is 2.48 bits per heavy atom. The Morgan fingerprint density at radius 1 is 1.24 bits per heavy atom. The van der Waals surface area contributed by atoms with Crippen molar-refractivity contribution < 1.29 is 14.7 Å². The Balaban J connectivity index is 1.57. The van der Waals surface area contributed by atoms with Crippen LogP contribution in [-0.2, 0) is 4.79 Å². The van der Waals surface area contributed by atoms with Gasteiger partial charge in [0.25, 0.3) is 0 Å². The van der Waals surface area contributed by atoms with Gasteiger partial charge in [-0.2, -0.15) is 0 Å². The molecule has 0 atom stereocenters. The number of nitrogens with zero attached hydrogens (tertiary/aromatic N) is 2. The van der Waals surface area contributed by atoms with Crippen molar-refractivity contribution in [3.05, 3.63) is 0 Å². The number of nitrogens with one attached hydrogen (secondary N) is 1. The molecule has 2 aliphatic rings. The fraction of sp³-hybridized carbons (Fsp3) is 0.867. The molecule has 0 aromatic rings. The van der Waals surface area contributed by atoms with Gasteiger partial charge in [0.15, 0.2) is 0 Å². The van der Waals surface area contributed by atoms with Gasteiger partial charge in [-0.05, 0) is 45.1 Å². The van der Waals surface area contributed by atoms with Crippen molar-refractivity contribution in [2.45, 2.75) is 44.6 Å². The molecule has 1 saturated carbocycles. The Bertz CT molecular complexity index is 363. The molecule has 6 nitrogen and oxygen atoms in total. The van der Waals surface area contributed by atoms with E-state index in [1.807, 2.05) is 4.90 Å². The molecule has 21 heavy (non-hydrogen) atoms. The van der Waals surface area contributed by atoms with Crippen LogP contribution in [0.2, 0.25) is 0 Å². The van der Waals surface area contributed by atoms with Crippen LogP contribution in [0.3, 0.4) is 0 Å². The van der Waals surface area contributed by atoms with Crippen LogP contribution in [0.15, 0.2) is 0 Å². The number of amides is 2. The summed E-state index contributed by atoms with van der Waals surface area (Å²) in [4.78, 5) is 26.8. The van der Waals surface area contributed by atoms with Gasteiger partial charge in [-0.25, -0.2) is 4.79 Å². The van der Waals surface area contributed by atoms with Gasteiger partial charge in [0.05, 0.1) is 0 Å². The first-order chi connectivity index (χ1) is 10.1. The maximum atomic E-state index is 12.0. The Morgan fingerprint density at radius 2 is 1.90 bits per heavy atom. The van der Waals surface area contributed by atoms with Gasteiger partial charge >= 0.3 is 12.0 Å². The van der Waals surface area contributed by atoms with E-state index >= 15 is 0 Å². The molecule has 0 unspecified atom stereocenters. The highest BCUT2D eigenvalue weighted by molar-refractivity contribution is 5.74. The van der Waals surface area contributed by atoms with E-state index in [2.05, 4.69) is 17.3 Å². The molecule has 1 saturated heterocycles. The maximum Gasteiger partial charge on any atom is 0.317 e. The van der Waals surface area contributed by atoms with Crippen LogP contribution in [0.4, 0.5) is 4.79 Å². The van der Waals surface area contributed by atoms with Crippen molar-refractivity contribution >= 4 is 12.0 Å². The number of hydrogen-bond donors (Lipinski definition) is 2. The van der Waals surface area contributed by atoms with Crippen molar-refractivity contribution in [3.8, 4) is 0 Å². The van der Waals surface area contributed by atoms with Crippen molar-refractivity contribution in [1.82, 2.24) is 15.1 Å². The highest BCUT2D eigenvalue weighted by Gasteiger charge is 2.26. The Labute approximate surface area is 126 Å². The first-order valence-electron chi connectivity index (χ1n) is 8.01. The number of carboxylic acids is 1. The third-order valence-corrected chi connectivity index (χ3v) is 4.58. The lowest BCUT2D eigenvalue weighted by molar-refractivity contribution is -0.137. The highest BCUT2D eigenvalue weighted by atomic mass is 16.4. The SMILES string of the molecule is CN(CCNC(=O)N1CCC(CCC(=O)O)CC1)C1CC1. The third kappa shape index (κ3) is 5.53. The largest absolute Gasteiger partial charge is 0.481 e. The number of carbonyl (C=O) groups excluding carboxylic acids is 1. The van der Waals surface area contributed by atoms with Gasteiger partial charge in [-0.3, -0.25) is 4.79 Å². The Hall–Kier alpha value is -1.30. The summed E-state index contributed by atoms with van der Waals surface area (Å²) in [6.07, 6.45) is 5.38. The minimum absolute atomic E-state index is 0.0240. The minimum atomic E-state index is -0.727. The summed E-state index contributed by atoms with van der Waals surface area (Å²) >= 11 is 0. The van der Waals surface area contributed by atoms with Gasteiger partial charge in [-0.15, -0.1) is 0 Å². The first-order valence-corrected chi connectivity index (χ1v) is 8.01. The summed E-state index contributed by atoms with van der Waals surface area (Å²) in [5, 5.41) is 11.7. The summed E-state index contributed by atoms with van der Waals surface area (Å²) in [7, 11) is 2.11. The topological polar surface area (TPSA) is 72.9 Å². The normalized spacial score (nSPS) is 19.8. The summed E-state index contributed by atoms with van der Waals surface area (Å²) < 4.78 is 0. The summed E-state index contributed by atoms with van der Waals surface area (Å²) in [6, 6.07) is 0.753. The average molecular weight is 297 g/mol. The average Bonchev–Trinajstić information content (AvgIpc) is 3.30. The quantitative estimate of drug-likeness (QED) is 0.744. The lowest BCUT2D eigenvalue weighted by atomic mass is 9.92. The number of urea groups is 1. The lowest BCUT2D eigenvalue weighted by Gasteiger charge is -2.32. The number of carbonyl (C=O) groups is 2. The maximum absolute atomic E-state index is 12.0. The fourth-order valence-corrected chi connectivity index (χ4v) is 2.90. The zero-order chi connectivity index (χ0) is 15.2. The van der Waals surface area contributed by atoms with E-state index in [1.165, 1.54) is 12.8 Å². The number of rotatable bonds is 7. The third-order valence-electron chi connectivity index (χ3n) is 4.58. The van der Waals surface area contributed by atoms with Crippen LogP contribution in [0.1, 0.15) is 38.5 Å². The predicted molar refractivity (Wildman–Crippen MR) is 80.2 cm³/mol. The molecule has 2 N–H and O–H groups in total. The number of aliphatic carboxylic acids is 1. The predicted octanol–water partition coefficient (Wildman–Crippen LogP) is 1.37. The van der Waals surface area contributed by atoms with Crippen LogP contribution < -0.4 is 5.32 Å². The second-order valence-corrected chi connectivity index (χ2v) is 6.31. The number of likely N-dealkylation sites (N-methyl/N-ethyl adjacent to an activating group) is 1. The van der Waals surface area contributed by atoms with Crippen molar-refractivity contribution in [1.29, 1.82) is 0 Å². The van der Waals surface area contributed by atoms with E-state index in [9.17, 15) is 9.59 Å². The van der Waals surface area contributed by atoms with Crippen LogP contribution in [0.25, 0.3) is 0 Å². The molecule has 0 radical (unpaired) electrons.